The van der Waals surface area contributed by atoms with Gasteiger partial charge in [0.25, 0.3) is 0 Å². The van der Waals surface area contributed by atoms with E-state index >= 15 is 0 Å². The van der Waals surface area contributed by atoms with Gasteiger partial charge in [0.2, 0.25) is 0 Å². The van der Waals surface area contributed by atoms with Crippen molar-refractivity contribution in [1.29, 1.82) is 0 Å². The first-order valence-corrected chi connectivity index (χ1v) is 7.98. The van der Waals surface area contributed by atoms with E-state index in [0.717, 1.165) is 18.4 Å². The van der Waals surface area contributed by atoms with Gasteiger partial charge < -0.3 is 15.3 Å². The third-order valence-electron chi connectivity index (χ3n) is 4.12. The van der Waals surface area contributed by atoms with Crippen LogP contribution in [0.25, 0.3) is 0 Å². The predicted molar refractivity (Wildman–Crippen MR) is 86.9 cm³/mol. The van der Waals surface area contributed by atoms with Crippen molar-refractivity contribution in [3.8, 4) is 0 Å². The predicted octanol–water partition coefficient (Wildman–Crippen LogP) is 0.732. The molecule has 0 saturated heterocycles. The second-order valence-corrected chi connectivity index (χ2v) is 6.37. The number of carboxylic acids is 3. The van der Waals surface area contributed by atoms with Crippen molar-refractivity contribution in [3.05, 3.63) is 12.2 Å². The Morgan fingerprint density at radius 1 is 0.833 bits per heavy atom. The van der Waals surface area contributed by atoms with Gasteiger partial charge in [-0.3, -0.25) is 24.2 Å². The number of aliphatic carboxylic acids is 3. The van der Waals surface area contributed by atoms with Crippen LogP contribution in [0, 0.1) is 0 Å². The smallest absolute Gasteiger partial charge is 0.317 e. The van der Waals surface area contributed by atoms with Crippen molar-refractivity contribution in [2.45, 2.75) is 44.7 Å². The zero-order valence-electron chi connectivity index (χ0n) is 14.0. The van der Waals surface area contributed by atoms with Crippen LogP contribution in [0.5, 0.6) is 0 Å². The molecular weight excluding hydrogens is 316 g/mol. The van der Waals surface area contributed by atoms with Crippen LogP contribution in [0.2, 0.25) is 0 Å². The molecule has 136 valence electrons. The number of nitrogens with zero attached hydrogens (tertiary/aromatic N) is 2. The average Bonchev–Trinajstić information content (AvgIpc) is 2.44. The van der Waals surface area contributed by atoms with Crippen LogP contribution in [-0.4, -0.2) is 81.3 Å². The highest BCUT2D eigenvalue weighted by molar-refractivity contribution is 5.72. The van der Waals surface area contributed by atoms with Gasteiger partial charge in [-0.2, -0.15) is 0 Å². The molecule has 1 aliphatic rings. The van der Waals surface area contributed by atoms with Gasteiger partial charge >= 0.3 is 17.9 Å². The summed E-state index contributed by atoms with van der Waals surface area (Å²) in [6, 6.07) is -0.505. The first kappa shape index (κ1) is 20.1. The molecule has 1 rings (SSSR count). The molecular formula is C16H26N2O6. The summed E-state index contributed by atoms with van der Waals surface area (Å²) in [5, 5.41) is 27.3. The lowest BCUT2D eigenvalue weighted by Gasteiger charge is -2.44. The van der Waals surface area contributed by atoms with E-state index in [1.165, 1.54) is 4.90 Å². The van der Waals surface area contributed by atoms with Crippen molar-refractivity contribution in [2.75, 3.05) is 26.2 Å². The van der Waals surface area contributed by atoms with E-state index in [-0.39, 0.29) is 31.7 Å². The fourth-order valence-corrected chi connectivity index (χ4v) is 3.39. The van der Waals surface area contributed by atoms with Gasteiger partial charge in [0.1, 0.15) is 0 Å². The van der Waals surface area contributed by atoms with Crippen molar-refractivity contribution in [1.82, 2.24) is 9.80 Å². The second-order valence-electron chi connectivity index (χ2n) is 6.37. The second kappa shape index (κ2) is 9.39. The maximum Gasteiger partial charge on any atom is 0.317 e. The summed E-state index contributed by atoms with van der Waals surface area (Å²) >= 11 is 0. The highest BCUT2D eigenvalue weighted by Crippen LogP contribution is 2.27. The zero-order chi connectivity index (χ0) is 18.3. The lowest BCUT2D eigenvalue weighted by atomic mass is 9.87. The summed E-state index contributed by atoms with van der Waals surface area (Å²) in [4.78, 5) is 36.6. The third kappa shape index (κ3) is 6.67. The summed E-state index contributed by atoms with van der Waals surface area (Å²) in [6.45, 7) is 5.10. The van der Waals surface area contributed by atoms with Crippen molar-refractivity contribution in [2.24, 2.45) is 0 Å². The van der Waals surface area contributed by atoms with E-state index in [2.05, 4.69) is 6.58 Å². The van der Waals surface area contributed by atoms with E-state index in [0.29, 0.717) is 19.4 Å². The Morgan fingerprint density at radius 3 is 1.46 bits per heavy atom. The van der Waals surface area contributed by atoms with Gasteiger partial charge in [-0.05, 0) is 19.8 Å². The molecule has 0 radical (unpaired) electrons. The normalized spacial score (nSPS) is 21.0. The first-order valence-electron chi connectivity index (χ1n) is 7.98. The summed E-state index contributed by atoms with van der Waals surface area (Å²) in [7, 11) is 0. The van der Waals surface area contributed by atoms with Gasteiger partial charge in [0, 0.05) is 18.6 Å². The lowest BCUT2D eigenvalue weighted by Crippen LogP contribution is -2.56. The summed E-state index contributed by atoms with van der Waals surface area (Å²) < 4.78 is 0. The monoisotopic (exact) mass is 342 g/mol. The molecule has 0 aromatic heterocycles. The highest BCUT2D eigenvalue weighted by atomic mass is 16.4. The van der Waals surface area contributed by atoms with E-state index in [9.17, 15) is 14.4 Å². The number of rotatable bonds is 10. The minimum absolute atomic E-state index is 0.179. The van der Waals surface area contributed by atoms with Crippen LogP contribution in [0.1, 0.15) is 32.6 Å². The molecule has 0 bridgehead atoms. The molecule has 3 N–H and O–H groups in total. The number of carbonyl (C=O) groups is 3. The molecule has 8 nitrogen and oxygen atoms in total. The Balaban J connectivity index is 3.03. The standard InChI is InChI=1S/C16H26N2O6/c1-11(2)7-17(8-14(19)20)12-5-3-4-6-13(12)18(9-15(21)22)10-16(23)24/h12-13H,1,3-10H2,2H3,(H,19,20)(H,21,22)(H,23,24). The molecule has 2 atom stereocenters. The number of carboxylic acid groups (broad SMARTS) is 3. The molecule has 0 spiro atoms. The molecule has 1 fully saturated rings. The van der Waals surface area contributed by atoms with Crippen LogP contribution in [0.3, 0.4) is 0 Å². The average molecular weight is 342 g/mol. The lowest BCUT2D eigenvalue weighted by molar-refractivity contribution is -0.146. The van der Waals surface area contributed by atoms with Gasteiger partial charge in [-0.1, -0.05) is 25.0 Å². The number of hydrogen-bond donors (Lipinski definition) is 3. The molecule has 0 heterocycles. The van der Waals surface area contributed by atoms with Crippen molar-refractivity contribution < 1.29 is 29.7 Å². The molecule has 24 heavy (non-hydrogen) atoms. The topological polar surface area (TPSA) is 118 Å². The molecule has 0 aromatic rings. The molecule has 8 heteroatoms. The largest absolute Gasteiger partial charge is 0.480 e. The molecule has 0 amide bonds. The van der Waals surface area contributed by atoms with Gasteiger partial charge in [0.15, 0.2) is 0 Å². The molecule has 2 unspecified atom stereocenters. The Morgan fingerprint density at radius 2 is 1.17 bits per heavy atom. The van der Waals surface area contributed by atoms with E-state index in [1.54, 1.807) is 11.8 Å². The van der Waals surface area contributed by atoms with Gasteiger partial charge in [-0.25, -0.2) is 0 Å². The maximum atomic E-state index is 11.2. The fourth-order valence-electron chi connectivity index (χ4n) is 3.39. The van der Waals surface area contributed by atoms with E-state index in [4.69, 9.17) is 15.3 Å². The fraction of sp³-hybridized carbons (Fsp3) is 0.688. The van der Waals surface area contributed by atoms with Crippen LogP contribution < -0.4 is 0 Å². The quantitative estimate of drug-likeness (QED) is 0.497. The Labute approximate surface area is 141 Å². The Kier molecular flexibility index (Phi) is 7.87. The SMILES string of the molecule is C=C(C)CN(CC(=O)O)C1CCCCC1N(CC(=O)O)CC(=O)O. The maximum absolute atomic E-state index is 11.2. The van der Waals surface area contributed by atoms with Crippen molar-refractivity contribution in [3.63, 3.8) is 0 Å². The Bertz CT molecular complexity index is 417. The van der Waals surface area contributed by atoms with Crippen molar-refractivity contribution >= 4 is 17.9 Å². The van der Waals surface area contributed by atoms with Crippen LogP contribution in [-0.2, 0) is 14.4 Å². The zero-order valence-corrected chi connectivity index (χ0v) is 14.0. The van der Waals surface area contributed by atoms with Crippen LogP contribution >= 0.6 is 0 Å². The van der Waals surface area contributed by atoms with Gasteiger partial charge in [-0.15, -0.1) is 0 Å². The Hall–Kier alpha value is -1.93. The molecule has 0 aliphatic heterocycles. The molecule has 0 aromatic carbocycles. The molecule has 1 aliphatic carbocycles. The summed E-state index contributed by atoms with van der Waals surface area (Å²) in [6.07, 6.45) is 3.13. The number of hydrogen-bond acceptors (Lipinski definition) is 5. The third-order valence-corrected chi connectivity index (χ3v) is 4.12. The minimum Gasteiger partial charge on any atom is -0.480 e. The highest BCUT2D eigenvalue weighted by Gasteiger charge is 2.36. The van der Waals surface area contributed by atoms with Crippen LogP contribution in [0.4, 0.5) is 0 Å². The van der Waals surface area contributed by atoms with Gasteiger partial charge in [0.05, 0.1) is 19.6 Å². The minimum atomic E-state index is -1.09. The summed E-state index contributed by atoms with van der Waals surface area (Å²) in [5.74, 6) is -3.15. The molecule has 1 saturated carbocycles. The van der Waals surface area contributed by atoms with E-state index in [1.807, 2.05) is 0 Å². The van der Waals surface area contributed by atoms with Crippen LogP contribution in [0.15, 0.2) is 12.2 Å². The first-order chi connectivity index (χ1) is 11.2. The summed E-state index contributed by atoms with van der Waals surface area (Å²) in [5.41, 5.74) is 0.809. The van der Waals surface area contributed by atoms with E-state index < -0.39 is 17.9 Å².